The van der Waals surface area contributed by atoms with Crippen molar-refractivity contribution < 1.29 is 9.53 Å². The molecule has 1 atom stereocenters. The van der Waals surface area contributed by atoms with Crippen LogP contribution in [0.2, 0.25) is 10.0 Å². The van der Waals surface area contributed by atoms with Gasteiger partial charge in [0.2, 0.25) is 5.82 Å². The van der Waals surface area contributed by atoms with Crippen molar-refractivity contribution in [3.63, 3.8) is 0 Å². The third kappa shape index (κ3) is 3.90. The van der Waals surface area contributed by atoms with Gasteiger partial charge in [-0.15, -0.1) is 10.2 Å². The molecule has 12 heteroatoms. The summed E-state index contributed by atoms with van der Waals surface area (Å²) in [4.78, 5) is 16.7. The normalized spacial score (nSPS) is 14.8. The second-order valence-electron chi connectivity index (χ2n) is 7.10. The number of amides is 1. The maximum atomic E-state index is 12.6. The number of nitrogens with one attached hydrogen (secondary N) is 1. The molecule has 3 heterocycles. The number of halogens is 2. The summed E-state index contributed by atoms with van der Waals surface area (Å²) in [5, 5.41) is 20.1. The predicted octanol–water partition coefficient (Wildman–Crippen LogP) is 2.51. The molecule has 32 heavy (non-hydrogen) atoms. The molecule has 1 aliphatic rings. The molecule has 2 aromatic heterocycles. The third-order valence-electron chi connectivity index (χ3n) is 5.02. The van der Waals surface area contributed by atoms with Crippen LogP contribution in [0.15, 0.2) is 48.8 Å². The molecule has 1 amide bonds. The van der Waals surface area contributed by atoms with Gasteiger partial charge in [-0.3, -0.25) is 4.79 Å². The minimum absolute atomic E-state index is 0.0330. The number of ether oxygens (including phenoxy) is 1. The first kappa shape index (κ1) is 20.4. The van der Waals surface area contributed by atoms with Crippen LogP contribution in [0.1, 0.15) is 27.9 Å². The lowest BCUT2D eigenvalue weighted by atomic mass is 10.1. The van der Waals surface area contributed by atoms with E-state index in [0.29, 0.717) is 40.3 Å². The number of benzene rings is 2. The maximum absolute atomic E-state index is 12.6. The highest BCUT2D eigenvalue weighted by molar-refractivity contribution is 6.35. The van der Waals surface area contributed by atoms with Crippen LogP contribution in [0.5, 0.6) is 5.75 Å². The molecule has 0 aliphatic carbocycles. The fourth-order valence-electron chi connectivity index (χ4n) is 3.40. The zero-order valence-electron chi connectivity index (χ0n) is 16.5. The Morgan fingerprint density at radius 2 is 1.97 bits per heavy atom. The minimum atomic E-state index is -0.421. The molecule has 0 spiro atoms. The fraction of sp³-hybridized carbons (Fsp3) is 0.200. The Kier molecular flexibility index (Phi) is 5.46. The van der Waals surface area contributed by atoms with Crippen LogP contribution >= 0.6 is 23.2 Å². The molecule has 0 saturated heterocycles. The van der Waals surface area contributed by atoms with E-state index < -0.39 is 5.91 Å². The molecule has 2 aromatic carbocycles. The van der Waals surface area contributed by atoms with Gasteiger partial charge in [0.25, 0.3) is 5.91 Å². The predicted molar refractivity (Wildman–Crippen MR) is 115 cm³/mol. The highest BCUT2D eigenvalue weighted by atomic mass is 35.5. The third-order valence-corrected chi connectivity index (χ3v) is 5.73. The Morgan fingerprint density at radius 3 is 2.81 bits per heavy atom. The van der Waals surface area contributed by atoms with Gasteiger partial charge in [0, 0.05) is 22.2 Å². The number of aromatic nitrogens is 7. The van der Waals surface area contributed by atoms with Crippen molar-refractivity contribution in [1.82, 2.24) is 40.3 Å². The van der Waals surface area contributed by atoms with E-state index in [2.05, 4.69) is 30.9 Å². The lowest BCUT2D eigenvalue weighted by molar-refractivity contribution is 0.0937. The molecule has 1 unspecified atom stereocenters. The highest BCUT2D eigenvalue weighted by Gasteiger charge is 2.27. The van der Waals surface area contributed by atoms with Crippen molar-refractivity contribution in [2.45, 2.75) is 12.5 Å². The van der Waals surface area contributed by atoms with Crippen molar-refractivity contribution in [1.29, 1.82) is 0 Å². The van der Waals surface area contributed by atoms with Crippen molar-refractivity contribution >= 4 is 29.1 Å². The zero-order chi connectivity index (χ0) is 22.1. The number of fused-ring (bicyclic) bond motifs is 3. The first-order valence-electron chi connectivity index (χ1n) is 9.71. The van der Waals surface area contributed by atoms with Crippen molar-refractivity contribution in [3.05, 3.63) is 76.0 Å². The molecule has 10 nitrogen and oxygen atoms in total. The van der Waals surface area contributed by atoms with Gasteiger partial charge in [-0.2, -0.15) is 4.68 Å². The van der Waals surface area contributed by atoms with Crippen molar-refractivity contribution in [2.24, 2.45) is 0 Å². The van der Waals surface area contributed by atoms with Gasteiger partial charge in [0.1, 0.15) is 24.4 Å². The summed E-state index contributed by atoms with van der Waals surface area (Å²) in [6.07, 6.45) is 1.46. The first-order chi connectivity index (χ1) is 15.6. The molecule has 0 fully saturated rings. The lowest BCUT2D eigenvalue weighted by Gasteiger charge is -2.13. The first-order valence-corrected chi connectivity index (χ1v) is 10.5. The van der Waals surface area contributed by atoms with Gasteiger partial charge < -0.3 is 10.1 Å². The Hall–Kier alpha value is -3.50. The van der Waals surface area contributed by atoms with Crippen LogP contribution < -0.4 is 10.1 Å². The molecule has 0 saturated carbocycles. The van der Waals surface area contributed by atoms with Crippen LogP contribution in [-0.2, 0) is 6.54 Å². The fourth-order valence-corrected chi connectivity index (χ4v) is 3.92. The number of para-hydroxylation sites is 2. The molecular weight excluding hydrogens is 455 g/mol. The number of nitrogens with zero attached hydrogens (tertiary/aromatic N) is 7. The molecule has 1 aliphatic heterocycles. The maximum Gasteiger partial charge on any atom is 0.290 e. The smallest absolute Gasteiger partial charge is 0.290 e. The van der Waals surface area contributed by atoms with Gasteiger partial charge in [-0.25, -0.2) is 9.67 Å². The molecule has 1 N–H and O–H groups in total. The molecule has 5 rings (SSSR count). The summed E-state index contributed by atoms with van der Waals surface area (Å²) in [5.74, 6) is 0.626. The molecular formula is C20H16Cl2N8O2. The summed E-state index contributed by atoms with van der Waals surface area (Å²) >= 11 is 12.4. The zero-order valence-corrected chi connectivity index (χ0v) is 18.0. The summed E-state index contributed by atoms with van der Waals surface area (Å²) < 4.78 is 9.02. The Balaban J connectivity index is 1.27. The minimum Gasteiger partial charge on any atom is -0.490 e. The lowest BCUT2D eigenvalue weighted by Crippen LogP contribution is -2.32. The van der Waals surface area contributed by atoms with E-state index in [-0.39, 0.29) is 18.3 Å². The van der Waals surface area contributed by atoms with E-state index in [9.17, 15) is 4.79 Å². The summed E-state index contributed by atoms with van der Waals surface area (Å²) in [6.45, 7) is 0.852. The number of hydrogen-bond donors (Lipinski definition) is 1. The number of carbonyl (C=O) groups is 1. The van der Waals surface area contributed by atoms with E-state index in [1.165, 1.54) is 11.0 Å². The number of rotatable bonds is 5. The highest BCUT2D eigenvalue weighted by Crippen LogP contribution is 2.29. The molecule has 0 bridgehead atoms. The SMILES string of the molecule is O=C(NCC1COc2ccccc2-n2nnnc21)c1ncn(Cc2c(Cl)cccc2Cl)n1. The van der Waals surface area contributed by atoms with Gasteiger partial charge in [-0.05, 0) is 34.7 Å². The summed E-state index contributed by atoms with van der Waals surface area (Å²) in [5.41, 5.74) is 1.45. The van der Waals surface area contributed by atoms with E-state index >= 15 is 0 Å². The van der Waals surface area contributed by atoms with Gasteiger partial charge in [-0.1, -0.05) is 41.4 Å². The second kappa shape index (κ2) is 8.56. The Morgan fingerprint density at radius 1 is 1.16 bits per heavy atom. The van der Waals surface area contributed by atoms with Crippen LogP contribution in [-0.4, -0.2) is 54.0 Å². The van der Waals surface area contributed by atoms with Crippen LogP contribution in [0.25, 0.3) is 5.69 Å². The molecule has 0 radical (unpaired) electrons. The second-order valence-corrected chi connectivity index (χ2v) is 7.91. The van der Waals surface area contributed by atoms with Crippen LogP contribution in [0, 0.1) is 0 Å². The van der Waals surface area contributed by atoms with Gasteiger partial charge >= 0.3 is 0 Å². The Labute approximate surface area is 192 Å². The topological polar surface area (TPSA) is 113 Å². The summed E-state index contributed by atoms with van der Waals surface area (Å²) in [6, 6.07) is 12.7. The standard InChI is InChI=1S/C20H16Cl2N8O2/c21-14-4-3-5-15(22)13(14)9-29-11-24-18(26-29)20(31)23-8-12-10-32-17-7-2-1-6-16(17)30-19(12)25-27-28-30/h1-7,11-12H,8-10H2,(H,23,31). The Bertz CT molecular complexity index is 1270. The number of hydrogen-bond acceptors (Lipinski definition) is 7. The van der Waals surface area contributed by atoms with Crippen LogP contribution in [0.3, 0.4) is 0 Å². The van der Waals surface area contributed by atoms with E-state index in [1.807, 2.05) is 24.3 Å². The number of carbonyl (C=O) groups excluding carboxylic acids is 1. The van der Waals surface area contributed by atoms with Gasteiger partial charge in [0.05, 0.1) is 12.5 Å². The number of tetrazole rings is 1. The van der Waals surface area contributed by atoms with Crippen molar-refractivity contribution in [2.75, 3.05) is 13.2 Å². The van der Waals surface area contributed by atoms with Crippen LogP contribution in [0.4, 0.5) is 0 Å². The van der Waals surface area contributed by atoms with Crippen molar-refractivity contribution in [3.8, 4) is 11.4 Å². The van der Waals surface area contributed by atoms with E-state index in [4.69, 9.17) is 27.9 Å². The average Bonchev–Trinajstić information content (AvgIpc) is 3.44. The molecule has 162 valence electrons. The summed E-state index contributed by atoms with van der Waals surface area (Å²) in [7, 11) is 0. The monoisotopic (exact) mass is 470 g/mol. The largest absolute Gasteiger partial charge is 0.490 e. The average molecular weight is 471 g/mol. The molecule has 4 aromatic rings. The quantitative estimate of drug-likeness (QED) is 0.476. The van der Waals surface area contributed by atoms with E-state index in [1.54, 1.807) is 22.9 Å². The van der Waals surface area contributed by atoms with E-state index in [0.717, 1.165) is 5.69 Å². The van der Waals surface area contributed by atoms with Gasteiger partial charge in [0.15, 0.2) is 5.82 Å².